The Morgan fingerprint density at radius 1 is 1.47 bits per heavy atom. The van der Waals surface area contributed by atoms with E-state index in [2.05, 4.69) is 15.3 Å². The van der Waals surface area contributed by atoms with Crippen molar-refractivity contribution >= 4 is 11.6 Å². The second kappa shape index (κ2) is 5.06. The van der Waals surface area contributed by atoms with E-state index in [1.165, 1.54) is 20.3 Å². The predicted molar refractivity (Wildman–Crippen MR) is 56.1 cm³/mol. The van der Waals surface area contributed by atoms with Crippen LogP contribution in [0.2, 0.25) is 0 Å². The number of benzene rings is 1. The molecule has 0 bridgehead atoms. The monoisotopic (exact) mass is 211 g/mol. The van der Waals surface area contributed by atoms with Gasteiger partial charge in [-0.15, -0.1) is 0 Å². The molecule has 6 nitrogen and oxygen atoms in total. The highest BCUT2D eigenvalue weighted by molar-refractivity contribution is 5.80. The Kier molecular flexibility index (Phi) is 3.75. The highest BCUT2D eigenvalue weighted by atomic mass is 16.6. The molecule has 0 radical (unpaired) electrons. The molecule has 0 aliphatic carbocycles. The topological polar surface area (TPSA) is 89.1 Å². The summed E-state index contributed by atoms with van der Waals surface area (Å²) in [5.74, 6) is 0.484. The number of methoxy groups -OCH3 is 1. The SMILES string of the molecule is CONC(N)=Nc1ccc(OC)c(O)c1. The van der Waals surface area contributed by atoms with Crippen molar-refractivity contribution in [2.75, 3.05) is 14.2 Å². The maximum Gasteiger partial charge on any atom is 0.218 e. The number of phenols is 1. The van der Waals surface area contributed by atoms with E-state index in [0.717, 1.165) is 0 Å². The lowest BCUT2D eigenvalue weighted by Gasteiger charge is -2.04. The van der Waals surface area contributed by atoms with E-state index in [0.29, 0.717) is 11.4 Å². The van der Waals surface area contributed by atoms with Crippen LogP contribution in [0, 0.1) is 0 Å². The Bertz CT molecular complexity index is 366. The fourth-order valence-electron chi connectivity index (χ4n) is 1.01. The van der Waals surface area contributed by atoms with Crippen molar-refractivity contribution < 1.29 is 14.7 Å². The van der Waals surface area contributed by atoms with E-state index in [4.69, 9.17) is 10.5 Å². The lowest BCUT2D eigenvalue weighted by atomic mass is 10.3. The van der Waals surface area contributed by atoms with Crippen LogP contribution in [0.25, 0.3) is 0 Å². The molecule has 0 unspecified atom stereocenters. The first-order valence-corrected chi connectivity index (χ1v) is 4.17. The van der Waals surface area contributed by atoms with Crippen molar-refractivity contribution in [2.24, 2.45) is 10.7 Å². The van der Waals surface area contributed by atoms with Gasteiger partial charge in [-0.2, -0.15) is 0 Å². The quantitative estimate of drug-likeness (QED) is 0.385. The van der Waals surface area contributed by atoms with Crippen LogP contribution in [0.3, 0.4) is 0 Å². The number of hydrogen-bond donors (Lipinski definition) is 3. The molecule has 0 amide bonds. The van der Waals surface area contributed by atoms with Crippen LogP contribution in [0.4, 0.5) is 5.69 Å². The Balaban J connectivity index is 2.88. The van der Waals surface area contributed by atoms with Crippen LogP contribution in [0.5, 0.6) is 11.5 Å². The first kappa shape index (κ1) is 11.1. The molecule has 0 aliphatic rings. The summed E-state index contributed by atoms with van der Waals surface area (Å²) in [6.45, 7) is 0. The molecule has 0 heterocycles. The molecule has 4 N–H and O–H groups in total. The van der Waals surface area contributed by atoms with Crippen molar-refractivity contribution in [1.82, 2.24) is 5.48 Å². The summed E-state index contributed by atoms with van der Waals surface area (Å²) in [5, 5.41) is 9.45. The number of aromatic hydroxyl groups is 1. The number of rotatable bonds is 3. The summed E-state index contributed by atoms with van der Waals surface area (Å²) in [6.07, 6.45) is 0. The number of nitrogens with two attached hydrogens (primary N) is 1. The molecule has 0 atom stereocenters. The van der Waals surface area contributed by atoms with E-state index in [-0.39, 0.29) is 11.7 Å². The first-order valence-electron chi connectivity index (χ1n) is 4.17. The third-order valence-corrected chi connectivity index (χ3v) is 1.62. The van der Waals surface area contributed by atoms with E-state index in [1.54, 1.807) is 12.1 Å². The number of nitrogens with zero attached hydrogens (tertiary/aromatic N) is 1. The predicted octanol–water partition coefficient (Wildman–Crippen LogP) is 0.498. The standard InChI is InChI=1S/C9H13N3O3/c1-14-8-4-3-6(5-7(8)13)11-9(10)12-15-2/h3-5,13H,1-2H3,(H3,10,11,12). The van der Waals surface area contributed by atoms with Gasteiger partial charge in [0, 0.05) is 6.07 Å². The largest absolute Gasteiger partial charge is 0.504 e. The number of hydrogen-bond acceptors (Lipinski definition) is 4. The molecule has 15 heavy (non-hydrogen) atoms. The van der Waals surface area contributed by atoms with Gasteiger partial charge in [-0.05, 0) is 12.1 Å². The third kappa shape index (κ3) is 3.03. The summed E-state index contributed by atoms with van der Waals surface area (Å²) >= 11 is 0. The molecule has 1 rings (SSSR count). The Morgan fingerprint density at radius 3 is 2.73 bits per heavy atom. The molecule has 0 spiro atoms. The van der Waals surface area contributed by atoms with Crippen molar-refractivity contribution in [1.29, 1.82) is 0 Å². The van der Waals surface area contributed by atoms with E-state index in [9.17, 15) is 5.11 Å². The Hall–Kier alpha value is -1.95. The summed E-state index contributed by atoms with van der Waals surface area (Å²) in [7, 11) is 2.90. The highest BCUT2D eigenvalue weighted by Gasteiger charge is 2.01. The molecule has 1 aromatic rings. The van der Waals surface area contributed by atoms with Crippen LogP contribution in [0.15, 0.2) is 23.2 Å². The number of hydroxylamine groups is 1. The molecular formula is C9H13N3O3. The minimum atomic E-state index is 0.00367. The second-order valence-corrected chi connectivity index (χ2v) is 2.66. The van der Waals surface area contributed by atoms with Crippen molar-refractivity contribution in [3.63, 3.8) is 0 Å². The molecule has 0 saturated carbocycles. The maximum atomic E-state index is 9.45. The van der Waals surface area contributed by atoms with Crippen LogP contribution in [-0.2, 0) is 4.84 Å². The fourth-order valence-corrected chi connectivity index (χ4v) is 1.01. The summed E-state index contributed by atoms with van der Waals surface area (Å²) < 4.78 is 4.88. The number of phenolic OH excluding ortho intramolecular Hbond substituents is 1. The van der Waals surface area contributed by atoms with Gasteiger partial charge in [-0.3, -0.25) is 4.84 Å². The average molecular weight is 211 g/mol. The zero-order valence-electron chi connectivity index (χ0n) is 8.52. The lowest BCUT2D eigenvalue weighted by Crippen LogP contribution is -2.29. The second-order valence-electron chi connectivity index (χ2n) is 2.66. The molecule has 0 saturated heterocycles. The normalized spacial score (nSPS) is 11.2. The summed E-state index contributed by atoms with van der Waals surface area (Å²) in [4.78, 5) is 8.49. The van der Waals surface area contributed by atoms with Crippen molar-refractivity contribution in [3.05, 3.63) is 18.2 Å². The van der Waals surface area contributed by atoms with Crippen molar-refractivity contribution in [3.8, 4) is 11.5 Å². The lowest BCUT2D eigenvalue weighted by molar-refractivity contribution is 0.143. The average Bonchev–Trinajstić information content (AvgIpc) is 2.18. The Morgan fingerprint density at radius 2 is 2.20 bits per heavy atom. The van der Waals surface area contributed by atoms with Crippen molar-refractivity contribution in [2.45, 2.75) is 0 Å². The van der Waals surface area contributed by atoms with Crippen LogP contribution in [-0.4, -0.2) is 25.3 Å². The van der Waals surface area contributed by atoms with Crippen LogP contribution in [0.1, 0.15) is 0 Å². The van der Waals surface area contributed by atoms with E-state index < -0.39 is 0 Å². The van der Waals surface area contributed by atoms with Crippen LogP contribution < -0.4 is 16.0 Å². The minimum Gasteiger partial charge on any atom is -0.504 e. The molecule has 0 fully saturated rings. The zero-order valence-corrected chi connectivity index (χ0v) is 8.52. The van der Waals surface area contributed by atoms with Gasteiger partial charge in [-0.1, -0.05) is 0 Å². The maximum absolute atomic E-state index is 9.45. The smallest absolute Gasteiger partial charge is 0.218 e. The number of ether oxygens (including phenoxy) is 1. The minimum absolute atomic E-state index is 0.00367. The van der Waals surface area contributed by atoms with Crippen LogP contribution >= 0.6 is 0 Å². The van der Waals surface area contributed by atoms with Gasteiger partial charge >= 0.3 is 0 Å². The fraction of sp³-hybridized carbons (Fsp3) is 0.222. The molecular weight excluding hydrogens is 198 g/mol. The molecule has 0 aliphatic heterocycles. The highest BCUT2D eigenvalue weighted by Crippen LogP contribution is 2.29. The first-order chi connectivity index (χ1) is 7.17. The Labute approximate surface area is 87.3 Å². The third-order valence-electron chi connectivity index (χ3n) is 1.62. The molecule has 1 aromatic carbocycles. The van der Waals surface area contributed by atoms with Gasteiger partial charge in [0.05, 0.1) is 19.9 Å². The van der Waals surface area contributed by atoms with Gasteiger partial charge in [0.1, 0.15) is 0 Å². The molecule has 0 aromatic heterocycles. The van der Waals surface area contributed by atoms with Gasteiger partial charge < -0.3 is 15.6 Å². The zero-order chi connectivity index (χ0) is 11.3. The van der Waals surface area contributed by atoms with Gasteiger partial charge in [0.25, 0.3) is 0 Å². The van der Waals surface area contributed by atoms with Gasteiger partial charge in [-0.25, -0.2) is 10.5 Å². The summed E-state index contributed by atoms with van der Waals surface area (Å²) in [5.41, 5.74) is 8.29. The van der Waals surface area contributed by atoms with E-state index >= 15 is 0 Å². The molecule has 6 heteroatoms. The number of guanidine groups is 1. The van der Waals surface area contributed by atoms with E-state index in [1.807, 2.05) is 0 Å². The molecule has 82 valence electrons. The van der Waals surface area contributed by atoms with Gasteiger partial charge in [0.15, 0.2) is 11.5 Å². The summed E-state index contributed by atoms with van der Waals surface area (Å²) in [6, 6.07) is 4.68. The van der Waals surface area contributed by atoms with Gasteiger partial charge in [0.2, 0.25) is 5.96 Å². The number of nitrogens with one attached hydrogen (secondary N) is 1. The number of aliphatic imine (C=N–C) groups is 1.